The molecule has 0 aliphatic carbocycles. The van der Waals surface area contributed by atoms with Crippen molar-refractivity contribution in [1.29, 1.82) is 0 Å². The number of halogens is 2. The lowest BCUT2D eigenvalue weighted by Gasteiger charge is -2.35. The number of anilines is 1. The van der Waals surface area contributed by atoms with Crippen LogP contribution < -0.4 is 10.6 Å². The Bertz CT molecular complexity index is 1700. The lowest BCUT2D eigenvalue weighted by molar-refractivity contribution is 0.256. The smallest absolute Gasteiger partial charge is 0.355 e. The van der Waals surface area contributed by atoms with Crippen molar-refractivity contribution in [3.8, 4) is 16.9 Å². The first-order valence-electron chi connectivity index (χ1n) is 13.8. The van der Waals surface area contributed by atoms with E-state index in [9.17, 15) is 4.79 Å². The summed E-state index contributed by atoms with van der Waals surface area (Å²) in [5, 5.41) is 0.402. The molecule has 0 saturated carbocycles. The largest absolute Gasteiger partial charge is 0.501 e. The molecule has 0 unspecified atom stereocenters. The SMILES string of the molecule is CC(C)c1nccc2c1-n1c(=O)nc(N3CCCC[C@@H]3C)c3cc(F)c(nc31)-c1c(F)cccc1/C=C/OCC2. The average Bonchev–Trinajstić information content (AvgIpc) is 2.94. The molecule has 1 atom stereocenters. The summed E-state index contributed by atoms with van der Waals surface area (Å²) >= 11 is 0. The van der Waals surface area contributed by atoms with Crippen molar-refractivity contribution in [2.24, 2.45) is 0 Å². The van der Waals surface area contributed by atoms with E-state index in [2.05, 4.69) is 21.8 Å². The summed E-state index contributed by atoms with van der Waals surface area (Å²) in [6.07, 6.45) is 8.24. The number of nitrogens with zero attached hydrogens (tertiary/aromatic N) is 5. The maximum absolute atomic E-state index is 16.0. The van der Waals surface area contributed by atoms with Crippen molar-refractivity contribution in [2.45, 2.75) is 58.4 Å². The highest BCUT2D eigenvalue weighted by atomic mass is 19.1. The van der Waals surface area contributed by atoms with Crippen molar-refractivity contribution >= 4 is 22.9 Å². The lowest BCUT2D eigenvalue weighted by Crippen LogP contribution is -2.40. The highest BCUT2D eigenvalue weighted by Crippen LogP contribution is 2.36. The number of hydrogen-bond donors (Lipinski definition) is 0. The summed E-state index contributed by atoms with van der Waals surface area (Å²) in [4.78, 5) is 30.0. The fraction of sp³-hybridized carbons (Fsp3) is 0.355. The first kappa shape index (κ1) is 26.1. The second kappa shape index (κ2) is 10.4. The van der Waals surface area contributed by atoms with Crippen LogP contribution in [-0.4, -0.2) is 38.7 Å². The summed E-state index contributed by atoms with van der Waals surface area (Å²) in [5.74, 6) is -0.954. The first-order chi connectivity index (χ1) is 19.3. The van der Waals surface area contributed by atoms with E-state index < -0.39 is 17.3 Å². The Labute approximate surface area is 231 Å². The summed E-state index contributed by atoms with van der Waals surface area (Å²) in [6.45, 7) is 7.09. The molecule has 4 aromatic rings. The number of hydrogen-bond acceptors (Lipinski definition) is 6. The van der Waals surface area contributed by atoms with E-state index in [0.29, 0.717) is 47.7 Å². The molecule has 0 radical (unpaired) electrons. The zero-order valence-corrected chi connectivity index (χ0v) is 22.8. The van der Waals surface area contributed by atoms with Crippen LogP contribution in [-0.2, 0) is 11.2 Å². The van der Waals surface area contributed by atoms with Crippen LogP contribution in [0.25, 0.3) is 34.1 Å². The molecule has 1 fully saturated rings. The van der Waals surface area contributed by atoms with Crippen LogP contribution in [0.15, 0.2) is 47.6 Å². The van der Waals surface area contributed by atoms with Gasteiger partial charge >= 0.3 is 5.69 Å². The van der Waals surface area contributed by atoms with Crippen molar-refractivity contribution in [3.05, 3.63) is 81.7 Å². The Hall–Kier alpha value is -4.14. The summed E-state index contributed by atoms with van der Waals surface area (Å²) in [6, 6.07) is 7.83. The van der Waals surface area contributed by atoms with Crippen molar-refractivity contribution in [2.75, 3.05) is 18.1 Å². The third-order valence-electron chi connectivity index (χ3n) is 7.80. The minimum absolute atomic E-state index is 0.000178. The van der Waals surface area contributed by atoms with E-state index in [1.807, 2.05) is 19.9 Å². The van der Waals surface area contributed by atoms with Gasteiger partial charge in [-0.2, -0.15) is 4.98 Å². The number of rotatable bonds is 2. The predicted octanol–water partition coefficient (Wildman–Crippen LogP) is 6.17. The van der Waals surface area contributed by atoms with Gasteiger partial charge in [0.15, 0.2) is 11.5 Å². The highest BCUT2D eigenvalue weighted by molar-refractivity contribution is 5.91. The van der Waals surface area contributed by atoms with Crippen LogP contribution in [0.5, 0.6) is 0 Å². The van der Waals surface area contributed by atoms with Crippen LogP contribution in [0.2, 0.25) is 0 Å². The zero-order chi connectivity index (χ0) is 28.0. The molecule has 2 aliphatic rings. The standard InChI is InChI=1S/C31H31F2N5O2/c1-18(2)26-28-21(10-13-34-26)12-16-40-15-11-20-8-6-9-23(32)25(20)27-24(33)17-22-29(37-14-5-4-7-19(37)3)36-31(39)38(28)30(22)35-27/h6,8-11,13,15,17-19H,4-5,7,12,14,16H2,1-3H3/b15-11+/t19-/m0/s1. The predicted molar refractivity (Wildman–Crippen MR) is 152 cm³/mol. The molecule has 40 heavy (non-hydrogen) atoms. The number of benzene rings is 1. The van der Waals surface area contributed by atoms with Gasteiger partial charge in [-0.15, -0.1) is 0 Å². The van der Waals surface area contributed by atoms with Crippen LogP contribution >= 0.6 is 0 Å². The number of pyridine rings is 2. The number of aromatic nitrogens is 4. The first-order valence-corrected chi connectivity index (χ1v) is 13.8. The van der Waals surface area contributed by atoms with E-state index in [4.69, 9.17) is 9.72 Å². The zero-order valence-electron chi connectivity index (χ0n) is 22.8. The van der Waals surface area contributed by atoms with Gasteiger partial charge in [0.1, 0.15) is 17.3 Å². The molecular formula is C31H31F2N5O2. The number of ether oxygens (including phenoxy) is 1. The Kier molecular flexibility index (Phi) is 6.82. The summed E-state index contributed by atoms with van der Waals surface area (Å²) in [7, 11) is 0. The van der Waals surface area contributed by atoms with Gasteiger partial charge < -0.3 is 9.64 Å². The summed E-state index contributed by atoms with van der Waals surface area (Å²) in [5.41, 5.74) is 1.99. The molecule has 0 N–H and O–H groups in total. The third kappa shape index (κ3) is 4.43. The van der Waals surface area contributed by atoms with Crippen LogP contribution in [0.4, 0.5) is 14.6 Å². The van der Waals surface area contributed by atoms with Crippen molar-refractivity contribution < 1.29 is 13.5 Å². The van der Waals surface area contributed by atoms with E-state index in [-0.39, 0.29) is 28.9 Å². The highest BCUT2D eigenvalue weighted by Gasteiger charge is 2.28. The normalized spacial score (nSPS) is 17.9. The molecule has 5 heterocycles. The van der Waals surface area contributed by atoms with Gasteiger partial charge in [0.25, 0.3) is 0 Å². The second-order valence-electron chi connectivity index (χ2n) is 10.8. The van der Waals surface area contributed by atoms with Gasteiger partial charge in [-0.05, 0) is 67.5 Å². The van der Waals surface area contributed by atoms with E-state index in [1.54, 1.807) is 24.4 Å². The second-order valence-corrected chi connectivity index (χ2v) is 10.8. The number of piperidine rings is 1. The molecule has 1 saturated heterocycles. The molecule has 3 aromatic heterocycles. The van der Waals surface area contributed by atoms with Gasteiger partial charge in [-0.1, -0.05) is 26.0 Å². The van der Waals surface area contributed by atoms with Crippen molar-refractivity contribution in [3.63, 3.8) is 0 Å². The molecule has 2 bridgehead atoms. The van der Waals surface area contributed by atoms with Crippen molar-refractivity contribution in [1.82, 2.24) is 19.5 Å². The Morgan fingerprint density at radius 1 is 1.10 bits per heavy atom. The average molecular weight is 544 g/mol. The Balaban J connectivity index is 1.78. The lowest BCUT2D eigenvalue weighted by atomic mass is 10.0. The van der Waals surface area contributed by atoms with Gasteiger partial charge in [0.2, 0.25) is 0 Å². The maximum Gasteiger partial charge on any atom is 0.355 e. The fourth-order valence-electron chi connectivity index (χ4n) is 5.80. The molecule has 206 valence electrons. The Morgan fingerprint density at radius 3 is 2.75 bits per heavy atom. The molecule has 7 nitrogen and oxygen atoms in total. The van der Waals surface area contributed by atoms with Crippen LogP contribution in [0.3, 0.4) is 0 Å². The Morgan fingerprint density at radius 2 is 1.95 bits per heavy atom. The molecule has 6 rings (SSSR count). The quantitative estimate of drug-likeness (QED) is 0.301. The monoisotopic (exact) mass is 543 g/mol. The minimum atomic E-state index is -0.698. The fourth-order valence-corrected chi connectivity index (χ4v) is 5.80. The molecular weight excluding hydrogens is 512 g/mol. The minimum Gasteiger partial charge on any atom is -0.501 e. The third-order valence-corrected chi connectivity index (χ3v) is 7.80. The van der Waals surface area contributed by atoms with E-state index in [0.717, 1.165) is 24.8 Å². The van der Waals surface area contributed by atoms with Gasteiger partial charge in [0, 0.05) is 30.8 Å². The molecule has 2 aliphatic heterocycles. The summed E-state index contributed by atoms with van der Waals surface area (Å²) < 4.78 is 38.6. The van der Waals surface area contributed by atoms with Gasteiger partial charge in [0.05, 0.1) is 29.6 Å². The molecule has 0 amide bonds. The number of fused-ring (bicyclic) bond motifs is 5. The van der Waals surface area contributed by atoms with Gasteiger partial charge in [-0.25, -0.2) is 23.1 Å². The molecule has 1 aromatic carbocycles. The van der Waals surface area contributed by atoms with E-state index in [1.165, 1.54) is 23.0 Å². The molecule has 0 spiro atoms. The topological polar surface area (TPSA) is 73.1 Å². The maximum atomic E-state index is 16.0. The molecule has 9 heteroatoms. The van der Waals surface area contributed by atoms with Crippen LogP contribution in [0, 0.1) is 11.6 Å². The van der Waals surface area contributed by atoms with E-state index >= 15 is 8.78 Å². The van der Waals surface area contributed by atoms with Gasteiger partial charge in [-0.3, -0.25) is 4.98 Å². The van der Waals surface area contributed by atoms with Crippen LogP contribution in [0.1, 0.15) is 62.8 Å².